The predicted octanol–water partition coefficient (Wildman–Crippen LogP) is 2.47. The normalized spacial score (nSPS) is 23.3. The first-order chi connectivity index (χ1) is 16.9. The molecular formula is C26H32N4O5. The fourth-order valence-corrected chi connectivity index (χ4v) is 5.49. The van der Waals surface area contributed by atoms with E-state index in [4.69, 9.17) is 9.15 Å². The fraction of sp³-hybridized carbons (Fsp3) is 0.500. The van der Waals surface area contributed by atoms with Crippen LogP contribution in [-0.4, -0.2) is 72.6 Å². The number of fused-ring (bicyclic) bond motifs is 3. The van der Waals surface area contributed by atoms with Gasteiger partial charge in [-0.25, -0.2) is 0 Å². The van der Waals surface area contributed by atoms with E-state index in [0.29, 0.717) is 43.9 Å². The van der Waals surface area contributed by atoms with Gasteiger partial charge in [-0.3, -0.25) is 24.2 Å². The van der Waals surface area contributed by atoms with Crippen LogP contribution in [-0.2, 0) is 14.3 Å². The van der Waals surface area contributed by atoms with Crippen molar-refractivity contribution in [2.45, 2.75) is 44.8 Å². The molecule has 0 bridgehead atoms. The van der Waals surface area contributed by atoms with E-state index in [2.05, 4.69) is 10.2 Å². The molecule has 9 nitrogen and oxygen atoms in total. The summed E-state index contributed by atoms with van der Waals surface area (Å²) in [4.78, 5) is 44.7. The lowest BCUT2D eigenvalue weighted by Gasteiger charge is -2.48. The van der Waals surface area contributed by atoms with Crippen LogP contribution in [0.5, 0.6) is 0 Å². The van der Waals surface area contributed by atoms with Crippen LogP contribution in [0.1, 0.15) is 54.1 Å². The van der Waals surface area contributed by atoms with Gasteiger partial charge in [-0.05, 0) is 44.5 Å². The average molecular weight is 481 g/mol. The maximum atomic E-state index is 13.4. The number of hydrogen-bond donors (Lipinski definition) is 1. The Morgan fingerprint density at radius 1 is 1.14 bits per heavy atom. The summed E-state index contributed by atoms with van der Waals surface area (Å²) in [6.45, 7) is 7.30. The molecule has 2 aromatic rings. The molecule has 3 aliphatic heterocycles. The van der Waals surface area contributed by atoms with Gasteiger partial charge in [0.1, 0.15) is 17.2 Å². The van der Waals surface area contributed by atoms with Crippen molar-refractivity contribution in [2.75, 3.05) is 44.3 Å². The zero-order valence-corrected chi connectivity index (χ0v) is 20.3. The second-order valence-corrected chi connectivity index (χ2v) is 9.59. The lowest BCUT2D eigenvalue weighted by atomic mass is 9.98. The van der Waals surface area contributed by atoms with Crippen LogP contribution in [0.2, 0.25) is 0 Å². The number of furan rings is 1. The molecule has 0 spiro atoms. The van der Waals surface area contributed by atoms with Crippen LogP contribution >= 0.6 is 0 Å². The number of hydrogen-bond acceptors (Lipinski definition) is 6. The summed E-state index contributed by atoms with van der Waals surface area (Å²) < 4.78 is 11.4. The van der Waals surface area contributed by atoms with Gasteiger partial charge in [-0.1, -0.05) is 12.1 Å². The minimum absolute atomic E-state index is 0.00370. The van der Waals surface area contributed by atoms with Crippen LogP contribution in [0.4, 0.5) is 5.69 Å². The van der Waals surface area contributed by atoms with Crippen LogP contribution in [0.25, 0.3) is 0 Å². The van der Waals surface area contributed by atoms with Crippen LogP contribution in [0, 0.1) is 6.92 Å². The summed E-state index contributed by atoms with van der Waals surface area (Å²) in [6, 6.07) is 11.0. The van der Waals surface area contributed by atoms with Gasteiger partial charge in [0.15, 0.2) is 0 Å². The number of benzene rings is 1. The highest BCUT2D eigenvalue weighted by Gasteiger charge is 2.52. The first kappa shape index (κ1) is 23.6. The molecule has 1 aromatic heterocycles. The Morgan fingerprint density at radius 2 is 1.91 bits per heavy atom. The van der Waals surface area contributed by atoms with Gasteiger partial charge >= 0.3 is 0 Å². The molecule has 5 rings (SSSR count). The van der Waals surface area contributed by atoms with Gasteiger partial charge in [0.25, 0.3) is 5.91 Å². The van der Waals surface area contributed by atoms with E-state index >= 15 is 0 Å². The van der Waals surface area contributed by atoms with Crippen molar-refractivity contribution >= 4 is 23.4 Å². The van der Waals surface area contributed by atoms with Gasteiger partial charge in [-0.15, -0.1) is 0 Å². The molecule has 35 heavy (non-hydrogen) atoms. The second-order valence-electron chi connectivity index (χ2n) is 9.59. The summed E-state index contributed by atoms with van der Waals surface area (Å²) in [5.41, 5.74) is 0.400. The lowest BCUT2D eigenvalue weighted by molar-refractivity contribution is -0.121. The molecule has 3 aliphatic rings. The number of aryl methyl sites for hydroxylation is 1. The molecule has 1 N–H and O–H groups in total. The number of para-hydroxylation sites is 1. The van der Waals surface area contributed by atoms with E-state index in [1.165, 1.54) is 0 Å². The van der Waals surface area contributed by atoms with E-state index in [0.717, 1.165) is 24.6 Å². The van der Waals surface area contributed by atoms with Crippen LogP contribution in [0.15, 0.2) is 40.8 Å². The molecule has 0 aliphatic carbocycles. The second kappa shape index (κ2) is 9.47. The van der Waals surface area contributed by atoms with Crippen molar-refractivity contribution in [1.29, 1.82) is 0 Å². The quantitative estimate of drug-likeness (QED) is 0.654. The number of nitrogens with one attached hydrogen (secondary N) is 1. The van der Waals surface area contributed by atoms with Crippen LogP contribution < -0.4 is 10.2 Å². The van der Waals surface area contributed by atoms with E-state index in [1.807, 2.05) is 38.1 Å². The minimum atomic E-state index is -0.759. The molecule has 1 aromatic carbocycles. The fourth-order valence-electron chi connectivity index (χ4n) is 5.49. The highest BCUT2D eigenvalue weighted by molar-refractivity contribution is 6.10. The Bertz CT molecular complexity index is 1120. The zero-order valence-electron chi connectivity index (χ0n) is 20.3. The average Bonchev–Trinajstić information content (AvgIpc) is 3.42. The number of anilines is 1. The van der Waals surface area contributed by atoms with Crippen LogP contribution in [0.3, 0.4) is 0 Å². The molecule has 2 atom stereocenters. The topological polar surface area (TPSA) is 95.3 Å². The zero-order chi connectivity index (χ0) is 24.6. The van der Waals surface area contributed by atoms with E-state index in [1.54, 1.807) is 21.9 Å². The van der Waals surface area contributed by atoms with Gasteiger partial charge in [0.2, 0.25) is 11.8 Å². The Balaban J connectivity index is 1.26. The van der Waals surface area contributed by atoms with E-state index in [-0.39, 0.29) is 36.7 Å². The predicted molar refractivity (Wildman–Crippen MR) is 129 cm³/mol. The highest BCUT2D eigenvalue weighted by Crippen LogP contribution is 2.43. The molecule has 0 saturated carbocycles. The van der Waals surface area contributed by atoms with Gasteiger partial charge in [0, 0.05) is 39.0 Å². The van der Waals surface area contributed by atoms with Crippen molar-refractivity contribution < 1.29 is 23.5 Å². The Morgan fingerprint density at radius 3 is 2.66 bits per heavy atom. The number of carbonyl (C=O) groups excluding carboxylic acids is 3. The Labute approximate surface area is 205 Å². The van der Waals surface area contributed by atoms with Gasteiger partial charge in [0.05, 0.1) is 30.5 Å². The molecule has 2 saturated heterocycles. The van der Waals surface area contributed by atoms with E-state index in [9.17, 15) is 14.4 Å². The number of rotatable bonds is 7. The standard InChI is InChI=1S/C26H32N4O5/c1-18-7-8-22(35-18)21(28-13-15-34-16-14-28)17-27-23(31)10-12-29-25(33)19-5-3-4-6-20(19)30-24(32)9-11-26(29,30)2/h3-8,21H,9-17H2,1-2H3,(H,27,31). The molecule has 2 unspecified atom stereocenters. The summed E-state index contributed by atoms with van der Waals surface area (Å²) in [6.07, 6.45) is 1.08. The molecular weight excluding hydrogens is 448 g/mol. The third-order valence-corrected chi connectivity index (χ3v) is 7.38. The van der Waals surface area contributed by atoms with Crippen molar-refractivity contribution in [1.82, 2.24) is 15.1 Å². The third kappa shape index (κ3) is 4.34. The first-order valence-electron chi connectivity index (χ1n) is 12.3. The SMILES string of the molecule is Cc1ccc(C(CNC(=O)CCN2C(=O)c3ccccc3N3C(=O)CCC23C)N2CCOCC2)o1. The number of nitrogens with zero attached hydrogens (tertiary/aromatic N) is 3. The Hall–Kier alpha value is -3.17. The number of amides is 3. The summed E-state index contributed by atoms with van der Waals surface area (Å²) >= 11 is 0. The van der Waals surface area contributed by atoms with Gasteiger partial charge in [-0.2, -0.15) is 0 Å². The summed E-state index contributed by atoms with van der Waals surface area (Å²) in [7, 11) is 0. The molecule has 9 heteroatoms. The highest BCUT2D eigenvalue weighted by atomic mass is 16.5. The molecule has 3 amide bonds. The van der Waals surface area contributed by atoms with Gasteiger partial charge < -0.3 is 19.4 Å². The molecule has 2 fully saturated rings. The van der Waals surface area contributed by atoms with E-state index < -0.39 is 5.66 Å². The summed E-state index contributed by atoms with van der Waals surface area (Å²) in [5, 5.41) is 3.04. The lowest BCUT2D eigenvalue weighted by Crippen LogP contribution is -2.62. The number of carbonyl (C=O) groups is 3. The number of ether oxygens (including phenoxy) is 1. The molecule has 186 valence electrons. The maximum absolute atomic E-state index is 13.4. The first-order valence-corrected chi connectivity index (χ1v) is 12.3. The van der Waals surface area contributed by atoms with Crippen molar-refractivity contribution in [3.05, 3.63) is 53.5 Å². The monoisotopic (exact) mass is 480 g/mol. The largest absolute Gasteiger partial charge is 0.465 e. The minimum Gasteiger partial charge on any atom is -0.465 e. The number of morpholine rings is 1. The molecule has 0 radical (unpaired) electrons. The Kier molecular flexibility index (Phi) is 6.37. The van der Waals surface area contributed by atoms with Crippen molar-refractivity contribution in [2.24, 2.45) is 0 Å². The smallest absolute Gasteiger partial charge is 0.257 e. The van der Waals surface area contributed by atoms with Crippen molar-refractivity contribution in [3.8, 4) is 0 Å². The third-order valence-electron chi connectivity index (χ3n) is 7.38. The van der Waals surface area contributed by atoms with Crippen molar-refractivity contribution in [3.63, 3.8) is 0 Å². The summed E-state index contributed by atoms with van der Waals surface area (Å²) in [5.74, 6) is 1.37. The molecule has 4 heterocycles. The maximum Gasteiger partial charge on any atom is 0.257 e.